The van der Waals surface area contributed by atoms with E-state index in [4.69, 9.17) is 14.2 Å². The number of carbonyl (C=O) groups excluding carboxylic acids is 2. The average Bonchev–Trinajstić information content (AvgIpc) is 3.23. The van der Waals surface area contributed by atoms with E-state index in [0.717, 1.165) is 47.5 Å². The highest BCUT2D eigenvalue weighted by atomic mass is 16.7. The van der Waals surface area contributed by atoms with E-state index >= 15 is 0 Å². The van der Waals surface area contributed by atoms with Crippen molar-refractivity contribution in [1.82, 2.24) is 15.5 Å². The molecule has 9 nitrogen and oxygen atoms in total. The molecule has 1 heterocycles. The number of nitrogens with one attached hydrogen (secondary N) is 2. The van der Waals surface area contributed by atoms with Crippen molar-refractivity contribution >= 4 is 12.0 Å². The van der Waals surface area contributed by atoms with E-state index in [1.54, 1.807) is 0 Å². The molecule has 1 aliphatic heterocycles. The fraction of sp³-hybridized carbons (Fsp3) is 0.574. The maximum Gasteiger partial charge on any atom is 0.328 e. The molecule has 3 aromatic carbocycles. The van der Waals surface area contributed by atoms with Gasteiger partial charge in [-0.1, -0.05) is 164 Å². The van der Waals surface area contributed by atoms with Gasteiger partial charge in [-0.2, -0.15) is 0 Å². The molecule has 0 unspecified atom stereocenters. The van der Waals surface area contributed by atoms with Crippen LogP contribution < -0.4 is 10.6 Å². The smallest absolute Gasteiger partial charge is 0.328 e. The lowest BCUT2D eigenvalue weighted by molar-refractivity contribution is -0.276. The van der Waals surface area contributed by atoms with E-state index in [9.17, 15) is 14.7 Å². The third kappa shape index (κ3) is 15.3. The summed E-state index contributed by atoms with van der Waals surface area (Å²) in [4.78, 5) is 28.0. The number of amides is 2. The molecular formula is C47H69N3O6. The van der Waals surface area contributed by atoms with Crippen LogP contribution in [0.25, 0.3) is 0 Å². The van der Waals surface area contributed by atoms with Gasteiger partial charge in [0, 0.05) is 31.0 Å². The molecule has 2 amide bonds. The summed E-state index contributed by atoms with van der Waals surface area (Å²) < 4.78 is 18.6. The quantitative estimate of drug-likeness (QED) is 0.0582. The van der Waals surface area contributed by atoms with Gasteiger partial charge in [0.05, 0.1) is 25.9 Å². The normalized spacial score (nSPS) is 18.8. The number of unbranched alkanes of at least 4 members (excludes halogenated alkanes) is 10. The van der Waals surface area contributed by atoms with Gasteiger partial charge in [0.25, 0.3) is 0 Å². The number of carbonyl (C=O) groups is 2. The van der Waals surface area contributed by atoms with Gasteiger partial charge in [0.1, 0.15) is 6.04 Å². The van der Waals surface area contributed by atoms with Crippen molar-refractivity contribution in [3.63, 3.8) is 0 Å². The van der Waals surface area contributed by atoms with Crippen LogP contribution in [0.15, 0.2) is 78.9 Å². The SMILES string of the molecule is CCCCCCCCN(CCCCCCCC)C[C@H]1O[C@@H](c2ccc(CNC(=O)N[C@@H](Cc3ccccc3)C(=O)OC)cc2)O[C@@H](c2ccc(CO)cc2)[C@H]1C. The molecule has 56 heavy (non-hydrogen) atoms. The lowest BCUT2D eigenvalue weighted by Gasteiger charge is -2.43. The average molecular weight is 772 g/mol. The fourth-order valence-electron chi connectivity index (χ4n) is 7.48. The molecule has 4 rings (SSSR count). The van der Waals surface area contributed by atoms with Crippen molar-refractivity contribution in [3.05, 3.63) is 107 Å². The van der Waals surface area contributed by atoms with Crippen LogP contribution in [0.3, 0.4) is 0 Å². The Morgan fingerprint density at radius 2 is 1.30 bits per heavy atom. The van der Waals surface area contributed by atoms with Gasteiger partial charge in [-0.05, 0) is 48.2 Å². The first-order valence-corrected chi connectivity index (χ1v) is 21.3. The topological polar surface area (TPSA) is 109 Å². The Morgan fingerprint density at radius 1 is 0.732 bits per heavy atom. The maximum atomic E-state index is 12.9. The summed E-state index contributed by atoms with van der Waals surface area (Å²) in [5, 5.41) is 15.3. The number of hydrogen-bond donors (Lipinski definition) is 3. The Morgan fingerprint density at radius 3 is 1.89 bits per heavy atom. The van der Waals surface area contributed by atoms with Gasteiger partial charge in [0.2, 0.25) is 0 Å². The molecule has 0 radical (unpaired) electrons. The standard InChI is InChI=1S/C47H69N3O6/c1-5-7-9-11-13-18-30-50(31-19-14-12-10-8-6-2)34-43-36(3)44(40-26-24-39(35-51)25-27-40)56-46(55-43)41-28-22-38(23-29-41)33-48-47(53)49-42(45(52)54-4)32-37-20-16-15-17-21-37/h15-17,20-29,36,42-44,46,51H,5-14,18-19,30-35H2,1-4H3,(H2,48,49,53)/t36-,42-,43+,44+,46+/m0/s1. The fourth-order valence-corrected chi connectivity index (χ4v) is 7.48. The van der Waals surface area contributed by atoms with E-state index in [2.05, 4.69) is 48.4 Å². The van der Waals surface area contributed by atoms with E-state index in [0.29, 0.717) is 6.42 Å². The summed E-state index contributed by atoms with van der Waals surface area (Å²) >= 11 is 0. The van der Waals surface area contributed by atoms with Crippen LogP contribution in [0, 0.1) is 5.92 Å². The van der Waals surface area contributed by atoms with Gasteiger partial charge < -0.3 is 34.9 Å². The molecule has 1 saturated heterocycles. The number of benzene rings is 3. The zero-order valence-electron chi connectivity index (χ0n) is 34.6. The second kappa shape index (κ2) is 25.5. The van der Waals surface area contributed by atoms with Crippen molar-refractivity contribution in [2.24, 2.45) is 5.92 Å². The molecular weight excluding hydrogens is 703 g/mol. The molecule has 1 fully saturated rings. The Kier molecular flexibility index (Phi) is 20.5. The third-order valence-corrected chi connectivity index (χ3v) is 11.0. The second-order valence-corrected chi connectivity index (χ2v) is 15.5. The minimum atomic E-state index is -0.805. The number of hydrogen-bond acceptors (Lipinski definition) is 7. The highest BCUT2D eigenvalue weighted by molar-refractivity contribution is 5.83. The highest BCUT2D eigenvalue weighted by Crippen LogP contribution is 2.42. The van der Waals surface area contributed by atoms with Gasteiger partial charge in [-0.15, -0.1) is 0 Å². The summed E-state index contributed by atoms with van der Waals surface area (Å²) in [5.74, 6) is -0.385. The largest absolute Gasteiger partial charge is 0.467 e. The monoisotopic (exact) mass is 772 g/mol. The highest BCUT2D eigenvalue weighted by Gasteiger charge is 2.39. The van der Waals surface area contributed by atoms with Crippen molar-refractivity contribution in [2.45, 2.75) is 142 Å². The molecule has 0 spiro atoms. The number of ether oxygens (including phenoxy) is 3. The van der Waals surface area contributed by atoms with Crippen LogP contribution in [-0.4, -0.2) is 60.9 Å². The summed E-state index contributed by atoms with van der Waals surface area (Å²) in [6.45, 7) is 10.1. The summed E-state index contributed by atoms with van der Waals surface area (Å²) in [6.07, 6.45) is 14.9. The lowest BCUT2D eigenvalue weighted by Crippen LogP contribution is -2.47. The third-order valence-electron chi connectivity index (χ3n) is 11.0. The molecule has 0 saturated carbocycles. The van der Waals surface area contributed by atoms with Gasteiger partial charge >= 0.3 is 12.0 Å². The molecule has 308 valence electrons. The number of nitrogens with zero attached hydrogens (tertiary/aromatic N) is 1. The molecule has 0 bridgehead atoms. The van der Waals surface area contributed by atoms with Gasteiger partial charge in [-0.25, -0.2) is 9.59 Å². The molecule has 3 aromatic rings. The lowest BCUT2D eigenvalue weighted by atomic mass is 9.90. The van der Waals surface area contributed by atoms with Crippen LogP contribution in [0.2, 0.25) is 0 Å². The molecule has 0 aliphatic carbocycles. The summed E-state index contributed by atoms with van der Waals surface area (Å²) in [5.41, 5.74) is 4.70. The second-order valence-electron chi connectivity index (χ2n) is 15.5. The predicted octanol–water partition coefficient (Wildman–Crippen LogP) is 9.58. The number of methoxy groups -OCH3 is 1. The predicted molar refractivity (Wildman–Crippen MR) is 224 cm³/mol. The Hall–Kier alpha value is -3.76. The zero-order chi connectivity index (χ0) is 40.0. The number of esters is 1. The minimum Gasteiger partial charge on any atom is -0.467 e. The van der Waals surface area contributed by atoms with Crippen molar-refractivity contribution in [2.75, 3.05) is 26.7 Å². The molecule has 1 aliphatic rings. The Balaban J connectivity index is 1.43. The first kappa shape index (κ1) is 44.9. The molecule has 0 aromatic heterocycles. The molecule has 5 atom stereocenters. The van der Waals surface area contributed by atoms with E-state index in [1.807, 2.05) is 66.7 Å². The van der Waals surface area contributed by atoms with Crippen molar-refractivity contribution < 1.29 is 28.9 Å². The zero-order valence-corrected chi connectivity index (χ0v) is 34.6. The Labute approximate surface area is 336 Å². The summed E-state index contributed by atoms with van der Waals surface area (Å²) in [6, 6.07) is 24.3. The summed E-state index contributed by atoms with van der Waals surface area (Å²) in [7, 11) is 1.32. The number of aliphatic hydroxyl groups is 1. The number of rotatable bonds is 25. The minimum absolute atomic E-state index is 0.00395. The Bertz CT molecular complexity index is 1500. The molecule has 9 heteroatoms. The van der Waals surface area contributed by atoms with Crippen molar-refractivity contribution in [3.8, 4) is 0 Å². The van der Waals surface area contributed by atoms with E-state index in [-0.39, 0.29) is 31.3 Å². The van der Waals surface area contributed by atoms with Crippen LogP contribution in [0.1, 0.15) is 138 Å². The van der Waals surface area contributed by atoms with Crippen molar-refractivity contribution in [1.29, 1.82) is 0 Å². The first-order chi connectivity index (χ1) is 27.3. The van der Waals surface area contributed by atoms with Crippen LogP contribution in [-0.2, 0) is 38.6 Å². The number of aliphatic hydroxyl groups excluding tert-OH is 1. The van der Waals surface area contributed by atoms with Crippen LogP contribution in [0.5, 0.6) is 0 Å². The van der Waals surface area contributed by atoms with Gasteiger partial charge in [0.15, 0.2) is 6.29 Å². The van der Waals surface area contributed by atoms with E-state index in [1.165, 1.54) is 84.2 Å². The van der Waals surface area contributed by atoms with Crippen LogP contribution >= 0.6 is 0 Å². The maximum absolute atomic E-state index is 12.9. The first-order valence-electron chi connectivity index (χ1n) is 21.3. The van der Waals surface area contributed by atoms with E-state index < -0.39 is 24.3 Å². The van der Waals surface area contributed by atoms with Crippen LogP contribution in [0.4, 0.5) is 4.79 Å². The van der Waals surface area contributed by atoms with Gasteiger partial charge in [-0.3, -0.25) is 0 Å². The number of urea groups is 1. The molecule has 3 N–H and O–H groups in total.